The Hall–Kier alpha value is -1.86. The van der Waals surface area contributed by atoms with Crippen molar-refractivity contribution >= 4 is 17.4 Å². The lowest BCUT2D eigenvalue weighted by atomic mass is 10.2. The van der Waals surface area contributed by atoms with Crippen molar-refractivity contribution in [2.75, 3.05) is 13.6 Å². The molecule has 2 aromatic heterocycles. The van der Waals surface area contributed by atoms with Gasteiger partial charge in [0.15, 0.2) is 0 Å². The molecule has 2 rings (SSSR count). The maximum atomic E-state index is 12.1. The Morgan fingerprint density at radius 2 is 2.25 bits per heavy atom. The molecule has 24 heavy (non-hydrogen) atoms. The van der Waals surface area contributed by atoms with Crippen LogP contribution in [0.3, 0.4) is 0 Å². The first-order valence-corrected chi connectivity index (χ1v) is 8.88. The molecule has 0 aliphatic rings. The molecule has 0 aliphatic heterocycles. The Labute approximate surface area is 147 Å². The van der Waals surface area contributed by atoms with Gasteiger partial charge in [0, 0.05) is 31.7 Å². The first-order valence-electron chi connectivity index (χ1n) is 8.00. The maximum Gasteiger partial charge on any atom is 0.410 e. The number of hydrogen-bond donors (Lipinski definition) is 2. The fraction of sp³-hybridized carbons (Fsp3) is 0.529. The van der Waals surface area contributed by atoms with Gasteiger partial charge in [0.1, 0.15) is 5.60 Å². The van der Waals surface area contributed by atoms with E-state index in [0.717, 1.165) is 11.3 Å². The molecule has 1 unspecified atom stereocenters. The summed E-state index contributed by atoms with van der Waals surface area (Å²) in [6.07, 6.45) is 1.53. The highest BCUT2D eigenvalue weighted by Gasteiger charge is 2.22. The Kier molecular flexibility index (Phi) is 6.01. The molecule has 7 heteroatoms. The minimum Gasteiger partial charge on any atom is -0.444 e. The van der Waals surface area contributed by atoms with Crippen molar-refractivity contribution in [2.24, 2.45) is 0 Å². The Morgan fingerprint density at radius 1 is 1.50 bits per heavy atom. The third-order valence-electron chi connectivity index (χ3n) is 3.58. The number of carbonyl (C=O) groups is 1. The molecule has 1 amide bonds. The van der Waals surface area contributed by atoms with Gasteiger partial charge in [0.2, 0.25) is 0 Å². The van der Waals surface area contributed by atoms with Crippen molar-refractivity contribution in [3.63, 3.8) is 0 Å². The van der Waals surface area contributed by atoms with E-state index in [1.54, 1.807) is 23.3 Å². The van der Waals surface area contributed by atoms with Gasteiger partial charge in [0.05, 0.1) is 16.8 Å². The van der Waals surface area contributed by atoms with E-state index in [4.69, 9.17) is 4.74 Å². The van der Waals surface area contributed by atoms with Crippen LogP contribution >= 0.6 is 11.3 Å². The van der Waals surface area contributed by atoms with E-state index in [1.165, 1.54) is 4.88 Å². The first kappa shape index (κ1) is 18.5. The lowest BCUT2D eigenvalue weighted by Gasteiger charge is -2.28. The highest BCUT2D eigenvalue weighted by molar-refractivity contribution is 7.13. The SMILES string of the molecule is CC(CNCc1cn[nH]c1-c1cccs1)N(C)C(=O)OC(C)(C)C. The summed E-state index contributed by atoms with van der Waals surface area (Å²) in [5.41, 5.74) is 1.68. The van der Waals surface area contributed by atoms with Crippen molar-refractivity contribution in [1.29, 1.82) is 0 Å². The third-order valence-corrected chi connectivity index (χ3v) is 4.47. The summed E-state index contributed by atoms with van der Waals surface area (Å²) in [7, 11) is 1.76. The second-order valence-electron chi connectivity index (χ2n) is 6.82. The lowest BCUT2D eigenvalue weighted by Crippen LogP contribution is -2.43. The van der Waals surface area contributed by atoms with Crippen LogP contribution in [0.25, 0.3) is 10.6 Å². The highest BCUT2D eigenvalue weighted by Crippen LogP contribution is 2.25. The van der Waals surface area contributed by atoms with E-state index in [1.807, 2.05) is 45.3 Å². The summed E-state index contributed by atoms with van der Waals surface area (Å²) >= 11 is 1.68. The van der Waals surface area contributed by atoms with Crippen LogP contribution in [0.5, 0.6) is 0 Å². The summed E-state index contributed by atoms with van der Waals surface area (Å²) < 4.78 is 5.39. The van der Waals surface area contributed by atoms with E-state index < -0.39 is 5.60 Å². The molecule has 2 heterocycles. The van der Waals surface area contributed by atoms with Crippen LogP contribution < -0.4 is 5.32 Å². The van der Waals surface area contributed by atoms with E-state index in [2.05, 4.69) is 21.6 Å². The number of nitrogens with one attached hydrogen (secondary N) is 2. The average Bonchev–Trinajstić information content (AvgIpc) is 3.14. The van der Waals surface area contributed by atoms with Gasteiger partial charge < -0.3 is 15.0 Å². The molecule has 0 aromatic carbocycles. The van der Waals surface area contributed by atoms with Crippen LogP contribution in [-0.4, -0.2) is 46.4 Å². The molecule has 0 fully saturated rings. The zero-order valence-corrected chi connectivity index (χ0v) is 15.7. The van der Waals surface area contributed by atoms with Crippen LogP contribution in [0.1, 0.15) is 33.3 Å². The predicted octanol–water partition coefficient (Wildman–Crippen LogP) is 3.48. The van der Waals surface area contributed by atoms with Gasteiger partial charge in [-0.1, -0.05) is 6.07 Å². The van der Waals surface area contributed by atoms with Crippen molar-refractivity contribution < 1.29 is 9.53 Å². The number of amides is 1. The van der Waals surface area contributed by atoms with Gasteiger partial charge in [-0.15, -0.1) is 11.3 Å². The highest BCUT2D eigenvalue weighted by atomic mass is 32.1. The van der Waals surface area contributed by atoms with Gasteiger partial charge in [-0.2, -0.15) is 5.10 Å². The quantitative estimate of drug-likeness (QED) is 0.837. The van der Waals surface area contributed by atoms with E-state index in [9.17, 15) is 4.79 Å². The first-order chi connectivity index (χ1) is 11.3. The number of carbonyl (C=O) groups excluding carboxylic acids is 1. The van der Waals surface area contributed by atoms with Gasteiger partial charge in [-0.25, -0.2) is 4.79 Å². The van der Waals surface area contributed by atoms with Crippen molar-refractivity contribution in [3.8, 4) is 10.6 Å². The zero-order valence-electron chi connectivity index (χ0n) is 14.9. The number of H-pyrrole nitrogens is 1. The minimum absolute atomic E-state index is 0.0249. The Balaban J connectivity index is 1.84. The average molecular weight is 350 g/mol. The summed E-state index contributed by atoms with van der Waals surface area (Å²) in [4.78, 5) is 14.9. The fourth-order valence-corrected chi connectivity index (χ4v) is 2.90. The summed E-state index contributed by atoms with van der Waals surface area (Å²) in [5, 5.41) is 12.6. The van der Waals surface area contributed by atoms with Crippen LogP contribution in [0.2, 0.25) is 0 Å². The number of ether oxygens (including phenoxy) is 1. The topological polar surface area (TPSA) is 70.2 Å². The summed E-state index contributed by atoms with van der Waals surface area (Å²) in [5.74, 6) is 0. The number of aromatic nitrogens is 2. The molecule has 0 radical (unpaired) electrons. The number of aromatic amines is 1. The van der Waals surface area contributed by atoms with Crippen LogP contribution in [0.15, 0.2) is 23.7 Å². The number of thiophene rings is 1. The second-order valence-corrected chi connectivity index (χ2v) is 7.77. The molecule has 2 aromatic rings. The molecule has 132 valence electrons. The van der Waals surface area contributed by atoms with Gasteiger partial charge >= 0.3 is 6.09 Å². The van der Waals surface area contributed by atoms with E-state index >= 15 is 0 Å². The molecule has 0 saturated heterocycles. The molecular weight excluding hydrogens is 324 g/mol. The van der Waals surface area contributed by atoms with Gasteiger partial charge in [-0.3, -0.25) is 5.10 Å². The summed E-state index contributed by atoms with van der Waals surface area (Å²) in [6, 6.07) is 4.12. The minimum atomic E-state index is -0.481. The molecule has 0 spiro atoms. The largest absolute Gasteiger partial charge is 0.444 e. The maximum absolute atomic E-state index is 12.1. The third kappa shape index (κ3) is 5.07. The number of hydrogen-bond acceptors (Lipinski definition) is 5. The Bertz CT molecular complexity index is 646. The van der Waals surface area contributed by atoms with Crippen molar-refractivity contribution in [3.05, 3.63) is 29.3 Å². The molecular formula is C17H26N4O2S. The molecule has 1 atom stereocenters. The smallest absolute Gasteiger partial charge is 0.410 e. The monoisotopic (exact) mass is 350 g/mol. The van der Waals surface area contributed by atoms with Crippen molar-refractivity contribution in [1.82, 2.24) is 20.4 Å². The fourth-order valence-electron chi connectivity index (χ4n) is 2.15. The van der Waals surface area contributed by atoms with Crippen LogP contribution in [-0.2, 0) is 11.3 Å². The molecule has 0 aliphatic carbocycles. The van der Waals surface area contributed by atoms with Crippen LogP contribution in [0, 0.1) is 0 Å². The molecule has 2 N–H and O–H groups in total. The number of rotatable bonds is 6. The van der Waals surface area contributed by atoms with Crippen LogP contribution in [0.4, 0.5) is 4.79 Å². The van der Waals surface area contributed by atoms with Gasteiger partial charge in [0.25, 0.3) is 0 Å². The van der Waals surface area contributed by atoms with Gasteiger partial charge in [-0.05, 0) is 39.1 Å². The van der Waals surface area contributed by atoms with E-state index in [-0.39, 0.29) is 12.1 Å². The lowest BCUT2D eigenvalue weighted by molar-refractivity contribution is 0.0236. The molecule has 0 saturated carbocycles. The predicted molar refractivity (Wildman–Crippen MR) is 97.1 cm³/mol. The number of likely N-dealkylation sites (N-methyl/N-ethyl adjacent to an activating group) is 1. The zero-order chi connectivity index (χ0) is 17.7. The molecule has 0 bridgehead atoms. The standard InChI is InChI=1S/C17H26N4O2S/c1-12(21(5)16(22)23-17(2,3)4)9-18-10-13-11-19-20-15(13)14-7-6-8-24-14/h6-8,11-12,18H,9-10H2,1-5H3,(H,19,20). The number of nitrogens with zero attached hydrogens (tertiary/aromatic N) is 2. The van der Waals surface area contributed by atoms with E-state index in [0.29, 0.717) is 13.1 Å². The molecule has 6 nitrogen and oxygen atoms in total. The summed E-state index contributed by atoms with van der Waals surface area (Å²) in [6.45, 7) is 8.96. The van der Waals surface area contributed by atoms with Crippen molar-refractivity contribution in [2.45, 2.75) is 45.9 Å². The normalized spacial score (nSPS) is 12.9. The Morgan fingerprint density at radius 3 is 2.88 bits per heavy atom. The second kappa shape index (κ2) is 7.81.